The molecule has 0 fully saturated rings. The van der Waals surface area contributed by atoms with Gasteiger partial charge in [-0.3, -0.25) is 19.7 Å². The van der Waals surface area contributed by atoms with Crippen LogP contribution in [0.1, 0.15) is 31.4 Å². The minimum atomic E-state index is -0.732. The number of nitrogens with one attached hydrogen (secondary N) is 2. The molecule has 37 heavy (non-hydrogen) atoms. The summed E-state index contributed by atoms with van der Waals surface area (Å²) in [5, 5.41) is 16.7. The normalized spacial score (nSPS) is 11.6. The number of tetrazole rings is 1. The Morgan fingerprint density at radius 2 is 1.89 bits per heavy atom. The highest BCUT2D eigenvalue weighted by molar-refractivity contribution is 6.30. The molecule has 3 rings (SSSR count). The second kappa shape index (κ2) is 13.1. The lowest BCUT2D eigenvalue weighted by atomic mass is 10.0. The van der Waals surface area contributed by atoms with Gasteiger partial charge in [0.1, 0.15) is 18.7 Å². The van der Waals surface area contributed by atoms with E-state index in [4.69, 9.17) is 16.3 Å². The maximum atomic E-state index is 12.6. The maximum Gasteiger partial charge on any atom is 0.411 e. The average Bonchev–Trinajstić information content (AvgIpc) is 3.38. The van der Waals surface area contributed by atoms with Crippen LogP contribution in [0.15, 0.2) is 54.9 Å². The summed E-state index contributed by atoms with van der Waals surface area (Å²) in [6.45, 7) is 3.03. The zero-order chi connectivity index (χ0) is 26.8. The number of anilines is 1. The molecule has 3 aromatic rings. The number of rotatable bonds is 11. The van der Waals surface area contributed by atoms with E-state index in [1.54, 1.807) is 55.5 Å². The number of carbonyl (C=O) groups excluding carboxylic acids is 4. The van der Waals surface area contributed by atoms with Crippen molar-refractivity contribution in [3.05, 3.63) is 71.0 Å². The van der Waals surface area contributed by atoms with Gasteiger partial charge in [0.25, 0.3) is 0 Å². The number of hydrogen-bond acceptors (Lipinski definition) is 8. The van der Waals surface area contributed by atoms with Crippen molar-refractivity contribution >= 4 is 46.9 Å². The number of halogens is 1. The van der Waals surface area contributed by atoms with Gasteiger partial charge in [-0.1, -0.05) is 23.7 Å². The third-order valence-corrected chi connectivity index (χ3v) is 5.34. The lowest BCUT2D eigenvalue weighted by Crippen LogP contribution is -2.38. The number of aromatic nitrogens is 4. The van der Waals surface area contributed by atoms with E-state index in [0.717, 1.165) is 0 Å². The Morgan fingerprint density at radius 1 is 1.14 bits per heavy atom. The molecule has 0 bridgehead atoms. The second-order valence-corrected chi connectivity index (χ2v) is 8.51. The Bertz CT molecular complexity index is 1290. The predicted molar refractivity (Wildman–Crippen MR) is 136 cm³/mol. The molecule has 192 valence electrons. The number of Topliss-reactive ketones (excluding diaryl/α,β-unsaturated/α-hetero) is 2. The van der Waals surface area contributed by atoms with E-state index in [1.165, 1.54) is 24.0 Å². The molecule has 11 nitrogen and oxygen atoms in total. The number of nitrogens with zero attached hydrogens (tertiary/aromatic N) is 4. The molecule has 0 spiro atoms. The van der Waals surface area contributed by atoms with Crippen molar-refractivity contribution in [3.63, 3.8) is 0 Å². The van der Waals surface area contributed by atoms with Crippen molar-refractivity contribution in [1.29, 1.82) is 0 Å². The lowest BCUT2D eigenvalue weighted by Gasteiger charge is -2.12. The van der Waals surface area contributed by atoms with Gasteiger partial charge in [0.05, 0.1) is 11.7 Å². The Labute approximate surface area is 217 Å². The lowest BCUT2D eigenvalue weighted by molar-refractivity contribution is -0.124. The fraction of sp³-hybridized carbons (Fsp3) is 0.240. The van der Waals surface area contributed by atoms with Crippen LogP contribution in [0.5, 0.6) is 0 Å². The molecule has 0 aliphatic carbocycles. The highest BCUT2D eigenvalue weighted by Crippen LogP contribution is 2.20. The Hall–Kier alpha value is -4.38. The molecule has 0 unspecified atom stereocenters. The van der Waals surface area contributed by atoms with Gasteiger partial charge in [0.2, 0.25) is 5.91 Å². The van der Waals surface area contributed by atoms with Gasteiger partial charge in [0.15, 0.2) is 5.78 Å². The molecule has 1 heterocycles. The highest BCUT2D eigenvalue weighted by atomic mass is 35.5. The van der Waals surface area contributed by atoms with Crippen LogP contribution >= 0.6 is 11.6 Å². The summed E-state index contributed by atoms with van der Waals surface area (Å²) in [6, 6.07) is 11.0. The highest BCUT2D eigenvalue weighted by Gasteiger charge is 2.15. The first-order chi connectivity index (χ1) is 17.7. The van der Waals surface area contributed by atoms with E-state index in [2.05, 4.69) is 26.2 Å². The SMILES string of the molecule is CC(=O)CCOC(=O)Nc1ccc(CC(=O)[C@H](C)NC(=O)/C=C/c2cc(Cl)ccc2-n2cnnn2)cc1. The molecule has 1 atom stereocenters. The monoisotopic (exact) mass is 524 g/mol. The molecular formula is C25H25ClN6O5. The van der Waals surface area contributed by atoms with Gasteiger partial charge in [-0.15, -0.1) is 5.10 Å². The molecule has 0 aliphatic rings. The van der Waals surface area contributed by atoms with Crippen LogP contribution in [0, 0.1) is 0 Å². The predicted octanol–water partition coefficient (Wildman–Crippen LogP) is 3.17. The fourth-order valence-corrected chi connectivity index (χ4v) is 3.33. The number of amides is 2. The third kappa shape index (κ3) is 8.65. The molecule has 2 amide bonds. The molecule has 0 saturated heterocycles. The summed E-state index contributed by atoms with van der Waals surface area (Å²) in [7, 11) is 0. The summed E-state index contributed by atoms with van der Waals surface area (Å²) in [5.41, 5.74) is 2.44. The number of hydrogen-bond donors (Lipinski definition) is 2. The molecule has 0 aliphatic heterocycles. The van der Waals surface area contributed by atoms with Crippen LogP contribution in [0.25, 0.3) is 11.8 Å². The zero-order valence-corrected chi connectivity index (χ0v) is 20.9. The summed E-state index contributed by atoms with van der Waals surface area (Å²) < 4.78 is 6.35. The third-order valence-electron chi connectivity index (χ3n) is 5.11. The quantitative estimate of drug-likeness (QED) is 0.364. The first kappa shape index (κ1) is 27.2. The molecule has 12 heteroatoms. The first-order valence-electron chi connectivity index (χ1n) is 11.3. The van der Waals surface area contributed by atoms with Crippen LogP contribution in [0.4, 0.5) is 10.5 Å². The first-order valence-corrected chi connectivity index (χ1v) is 11.7. The van der Waals surface area contributed by atoms with Crippen LogP contribution in [0.2, 0.25) is 5.02 Å². The smallest absolute Gasteiger partial charge is 0.411 e. The molecule has 0 saturated carbocycles. The average molecular weight is 525 g/mol. The molecule has 1 aromatic heterocycles. The van der Waals surface area contributed by atoms with Crippen molar-refractivity contribution in [1.82, 2.24) is 25.5 Å². The summed E-state index contributed by atoms with van der Waals surface area (Å²) in [5.74, 6) is -0.714. The van der Waals surface area contributed by atoms with E-state index in [1.807, 2.05) is 0 Å². The van der Waals surface area contributed by atoms with Crippen molar-refractivity contribution in [2.24, 2.45) is 0 Å². The topological polar surface area (TPSA) is 145 Å². The van der Waals surface area contributed by atoms with E-state index in [0.29, 0.717) is 27.5 Å². The van der Waals surface area contributed by atoms with Gasteiger partial charge in [-0.25, -0.2) is 4.79 Å². The Kier molecular flexibility index (Phi) is 9.61. The Balaban J connectivity index is 1.51. The summed E-state index contributed by atoms with van der Waals surface area (Å²) in [6.07, 6.45) is 3.86. The van der Waals surface area contributed by atoms with Crippen molar-refractivity contribution in [2.75, 3.05) is 11.9 Å². The number of ketones is 2. The Morgan fingerprint density at radius 3 is 2.57 bits per heavy atom. The molecule has 2 N–H and O–H groups in total. The van der Waals surface area contributed by atoms with E-state index < -0.39 is 18.0 Å². The largest absolute Gasteiger partial charge is 0.449 e. The van der Waals surface area contributed by atoms with Crippen LogP contribution in [0.3, 0.4) is 0 Å². The van der Waals surface area contributed by atoms with Gasteiger partial charge in [-0.2, -0.15) is 4.68 Å². The second-order valence-electron chi connectivity index (χ2n) is 8.07. The standard InChI is InChI=1S/C25H25ClN6O5/c1-16(33)11-12-37-25(36)29-21-7-3-18(4-8-21)13-23(34)17(2)28-24(35)10-5-19-14-20(26)6-9-22(19)32-15-27-30-31-32/h3-10,14-15,17H,11-13H2,1-2H3,(H,28,35)(H,29,36)/b10-5+/t17-/m0/s1. The fourth-order valence-electron chi connectivity index (χ4n) is 3.15. The molecule has 0 radical (unpaired) electrons. The zero-order valence-electron chi connectivity index (χ0n) is 20.2. The van der Waals surface area contributed by atoms with Gasteiger partial charge in [-0.05, 0) is 66.2 Å². The van der Waals surface area contributed by atoms with Crippen LogP contribution in [-0.2, 0) is 25.5 Å². The maximum absolute atomic E-state index is 12.6. The van der Waals surface area contributed by atoms with Crippen molar-refractivity contribution in [3.8, 4) is 5.69 Å². The number of benzene rings is 2. The minimum Gasteiger partial charge on any atom is -0.449 e. The van der Waals surface area contributed by atoms with Crippen molar-refractivity contribution < 1.29 is 23.9 Å². The van der Waals surface area contributed by atoms with Gasteiger partial charge >= 0.3 is 6.09 Å². The van der Waals surface area contributed by atoms with E-state index in [9.17, 15) is 19.2 Å². The van der Waals surface area contributed by atoms with E-state index in [-0.39, 0.29) is 31.0 Å². The van der Waals surface area contributed by atoms with Crippen LogP contribution < -0.4 is 10.6 Å². The summed E-state index contributed by atoms with van der Waals surface area (Å²) in [4.78, 5) is 47.7. The van der Waals surface area contributed by atoms with E-state index >= 15 is 0 Å². The molecular weight excluding hydrogens is 500 g/mol. The number of carbonyl (C=O) groups is 4. The number of ether oxygens (including phenoxy) is 1. The van der Waals surface area contributed by atoms with Gasteiger partial charge in [0, 0.05) is 35.2 Å². The van der Waals surface area contributed by atoms with Crippen LogP contribution in [-0.4, -0.2) is 56.4 Å². The minimum absolute atomic E-state index is 0.00606. The molecule has 2 aromatic carbocycles. The van der Waals surface area contributed by atoms with Crippen molar-refractivity contribution in [2.45, 2.75) is 32.7 Å². The summed E-state index contributed by atoms with van der Waals surface area (Å²) >= 11 is 6.08. The van der Waals surface area contributed by atoms with Gasteiger partial charge < -0.3 is 10.1 Å².